The van der Waals surface area contributed by atoms with Gasteiger partial charge in [0.25, 0.3) is 17.6 Å². The van der Waals surface area contributed by atoms with Crippen LogP contribution in [0.2, 0.25) is 0 Å². The van der Waals surface area contributed by atoms with Crippen molar-refractivity contribution in [3.05, 3.63) is 53.3 Å². The molecule has 5 rings (SSSR count). The number of aliphatic hydroxyl groups excluding tert-OH is 2. The summed E-state index contributed by atoms with van der Waals surface area (Å²) < 4.78 is 30.1. The van der Waals surface area contributed by atoms with Crippen LogP contribution in [-0.4, -0.2) is 106 Å². The van der Waals surface area contributed by atoms with Gasteiger partial charge in [0.1, 0.15) is 23.4 Å². The topological polar surface area (TPSA) is 211 Å². The van der Waals surface area contributed by atoms with Gasteiger partial charge in [0.2, 0.25) is 0 Å². The first-order chi connectivity index (χ1) is 30.2. The van der Waals surface area contributed by atoms with E-state index in [1.165, 1.54) is 52.4 Å². The van der Waals surface area contributed by atoms with Gasteiger partial charge in [0.15, 0.2) is 12.4 Å². The van der Waals surface area contributed by atoms with Gasteiger partial charge in [0.05, 0.1) is 41.2 Å². The van der Waals surface area contributed by atoms with Crippen LogP contribution < -0.4 is 14.8 Å². The van der Waals surface area contributed by atoms with Gasteiger partial charge in [-0.3, -0.25) is 19.2 Å². The van der Waals surface area contributed by atoms with Crippen molar-refractivity contribution in [1.82, 2.24) is 4.90 Å². The fraction of sp³-hybridized carbons (Fsp3) is 0.592. The van der Waals surface area contributed by atoms with Gasteiger partial charge < -0.3 is 54.3 Å². The number of ether oxygens (including phenoxy) is 5. The number of Topliss-reactive ketones (excluding diaryl/α,β-unsaturated/α-hetero) is 1. The van der Waals surface area contributed by atoms with Crippen molar-refractivity contribution in [1.29, 1.82) is 0 Å². The molecule has 15 heteroatoms. The van der Waals surface area contributed by atoms with E-state index in [4.69, 9.17) is 23.7 Å². The number of hydrogen-bond donors (Lipinski definition) is 5. The van der Waals surface area contributed by atoms with Crippen molar-refractivity contribution in [2.45, 2.75) is 138 Å². The zero-order valence-electron chi connectivity index (χ0n) is 39.4. The second-order valence-electron chi connectivity index (χ2n) is 17.5. The summed E-state index contributed by atoms with van der Waals surface area (Å²) >= 11 is 0. The highest BCUT2D eigenvalue weighted by Crippen LogP contribution is 2.54. The number of esters is 1. The highest BCUT2D eigenvalue weighted by atomic mass is 16.7. The molecule has 2 amide bonds. The molecule has 64 heavy (non-hydrogen) atoms. The molecule has 15 nitrogen and oxygen atoms in total. The van der Waals surface area contributed by atoms with Gasteiger partial charge in [-0.25, -0.2) is 0 Å². The number of phenolic OH excluding ortho intramolecular Hbond substituents is 2. The van der Waals surface area contributed by atoms with E-state index >= 15 is 0 Å². The molecule has 9 atom stereocenters. The lowest BCUT2D eigenvalue weighted by atomic mass is 9.78. The minimum atomic E-state index is -2.03. The number of rotatable bonds is 13. The number of amides is 2. The number of nitrogens with one attached hydrogen (secondary N) is 1. The van der Waals surface area contributed by atoms with Crippen molar-refractivity contribution in [3.63, 3.8) is 0 Å². The number of carbonyl (C=O) groups is 4. The molecule has 0 radical (unpaired) electrons. The Bertz CT molecular complexity index is 2090. The quantitative estimate of drug-likeness (QED) is 0.0745. The average molecular weight is 895 g/mol. The van der Waals surface area contributed by atoms with Crippen molar-refractivity contribution in [3.8, 4) is 23.0 Å². The number of allylic oxidation sites excluding steroid dienone is 2. The van der Waals surface area contributed by atoms with Crippen LogP contribution >= 0.6 is 0 Å². The zero-order chi connectivity index (χ0) is 47.6. The predicted octanol–water partition coefficient (Wildman–Crippen LogP) is 7.64. The zero-order valence-corrected chi connectivity index (χ0v) is 39.4. The van der Waals surface area contributed by atoms with Crippen LogP contribution in [0.25, 0.3) is 10.8 Å². The van der Waals surface area contributed by atoms with Gasteiger partial charge in [-0.15, -0.1) is 0 Å². The summed E-state index contributed by atoms with van der Waals surface area (Å²) in [5.41, 5.74) is 0.0358. The van der Waals surface area contributed by atoms with Crippen LogP contribution in [0.5, 0.6) is 23.0 Å². The molecule has 0 aliphatic carbocycles. The van der Waals surface area contributed by atoms with Crippen molar-refractivity contribution < 1.29 is 63.3 Å². The Morgan fingerprint density at radius 3 is 2.12 bits per heavy atom. The lowest BCUT2D eigenvalue weighted by molar-refractivity contribution is -0.160. The molecule has 0 fully saturated rings. The first-order valence-electron chi connectivity index (χ1n) is 22.5. The second-order valence-corrected chi connectivity index (χ2v) is 17.5. The normalized spacial score (nSPS) is 28.4. The number of carbonyl (C=O) groups excluding carboxylic acids is 4. The van der Waals surface area contributed by atoms with E-state index in [-0.39, 0.29) is 50.6 Å². The Kier molecular flexibility index (Phi) is 18.2. The third-order valence-electron chi connectivity index (χ3n) is 12.6. The smallest absolute Gasteiger partial charge is 0.312 e. The summed E-state index contributed by atoms with van der Waals surface area (Å²) in [6, 6.07) is 1.30. The monoisotopic (exact) mass is 894 g/mol. The third kappa shape index (κ3) is 11.6. The maximum absolute atomic E-state index is 14.6. The number of anilines is 1. The molecular weight excluding hydrogens is 825 g/mol. The highest BCUT2D eigenvalue weighted by molar-refractivity contribution is 6.21. The molecule has 5 N–H and O–H groups in total. The first-order valence-corrected chi connectivity index (χ1v) is 22.5. The lowest BCUT2D eigenvalue weighted by Crippen LogP contribution is -2.46. The third-order valence-corrected chi connectivity index (χ3v) is 12.6. The number of nitrogens with zero attached hydrogens (tertiary/aromatic N) is 1. The van der Waals surface area contributed by atoms with Gasteiger partial charge in [0, 0.05) is 80.3 Å². The Morgan fingerprint density at radius 1 is 0.891 bits per heavy atom. The number of aliphatic hydroxyl groups is 2. The summed E-state index contributed by atoms with van der Waals surface area (Å²) in [7, 11) is 1.45. The van der Waals surface area contributed by atoms with Gasteiger partial charge in [-0.2, -0.15) is 0 Å². The molecule has 2 aromatic rings. The molecule has 0 spiro atoms. The molecule has 0 aromatic heterocycles. The van der Waals surface area contributed by atoms with Crippen LogP contribution in [0.1, 0.15) is 117 Å². The molecule has 5 bridgehead atoms. The van der Waals surface area contributed by atoms with E-state index in [1.54, 1.807) is 51.7 Å². The fourth-order valence-electron chi connectivity index (χ4n) is 8.45. The van der Waals surface area contributed by atoms with E-state index in [1.807, 2.05) is 0 Å². The number of ketones is 1. The summed E-state index contributed by atoms with van der Waals surface area (Å²) in [5.74, 6) is -7.88. The number of aromatic hydroxyl groups is 2. The Hall–Kier alpha value is -5.12. The molecule has 0 saturated carbocycles. The number of unbranched alkanes of at least 4 members (excludes halogenated alkanes) is 4. The molecule has 3 heterocycles. The molecule has 354 valence electrons. The molecule has 3 aliphatic rings. The standard InChI is InChI=1S/C49H70N2O13/c1-12-14-16-22-51(23-17-15-13-2)37(53)26-61-36-25-34-44(57)39-38(36)40-46(32(8)43(39)56)64-49(10,47(40)58)62-24-21-35(60-11)29(5)45(63-33(9)52)31(7)42(55)30(6)41(54)27(3)19-18-20-28(4)48(59)50-34/h18-21,24-25,27,29-31,35,41-42,45,54-57H,12-17,22-23,26H2,1-11H3,(H,50,59)/b19-18+,24-21+,28-20-/t27-,29-,30-,31-,35+,41-,42+,45-,49+/m1/s1. The lowest BCUT2D eigenvalue weighted by Gasteiger charge is -2.38. The summed E-state index contributed by atoms with van der Waals surface area (Å²) in [6.45, 7) is 17.4. The van der Waals surface area contributed by atoms with Crippen LogP contribution in [-0.2, 0) is 28.6 Å². The molecular formula is C49H70N2O13. The number of hydrogen-bond acceptors (Lipinski definition) is 13. The summed E-state index contributed by atoms with van der Waals surface area (Å²) in [5, 5.41) is 48.9. The summed E-state index contributed by atoms with van der Waals surface area (Å²) in [6.07, 6.45) is 9.12. The number of fused-ring (bicyclic) bond motifs is 14. The first kappa shape index (κ1) is 51.5. The second kappa shape index (κ2) is 22.7. The van der Waals surface area contributed by atoms with Crippen LogP contribution in [0.4, 0.5) is 5.69 Å². The fourth-order valence-corrected chi connectivity index (χ4v) is 8.45. The molecule has 3 aliphatic heterocycles. The SMILES string of the molecule is CCCCCN(CCCCC)C(=O)COc1cc2c(O)c3c(O)c(C)c4c(c13)C(=O)[C@@](C)(O/C=C/[C@H](OC)[C@@H](C)[C@@H](OC(C)=O)[C@H](C)[C@@H](O)[C@H](C)[C@H](O)[C@H](C)/C=C/C=C(/C)C(=O)N2)O4. The van der Waals surface area contributed by atoms with E-state index in [9.17, 15) is 39.6 Å². The van der Waals surface area contributed by atoms with Crippen LogP contribution in [0, 0.1) is 30.6 Å². The van der Waals surface area contributed by atoms with Crippen molar-refractivity contribution in [2.24, 2.45) is 23.7 Å². The molecule has 2 aromatic carbocycles. The number of methoxy groups -OCH3 is 1. The molecule has 0 saturated heterocycles. The maximum Gasteiger partial charge on any atom is 0.312 e. The Morgan fingerprint density at radius 2 is 1.53 bits per heavy atom. The van der Waals surface area contributed by atoms with Crippen molar-refractivity contribution >= 4 is 40.0 Å². The van der Waals surface area contributed by atoms with Crippen LogP contribution in [0.3, 0.4) is 0 Å². The van der Waals surface area contributed by atoms with Gasteiger partial charge >= 0.3 is 11.8 Å². The predicted molar refractivity (Wildman–Crippen MR) is 243 cm³/mol. The van der Waals surface area contributed by atoms with E-state index in [0.29, 0.717) is 13.1 Å². The van der Waals surface area contributed by atoms with E-state index < -0.39 is 89.6 Å². The van der Waals surface area contributed by atoms with Gasteiger partial charge in [-0.1, -0.05) is 85.5 Å². The van der Waals surface area contributed by atoms with Gasteiger partial charge in [-0.05, 0) is 32.8 Å². The van der Waals surface area contributed by atoms with Crippen molar-refractivity contribution in [2.75, 3.05) is 32.1 Å². The largest absolute Gasteiger partial charge is 0.507 e. The Labute approximate surface area is 377 Å². The Balaban J connectivity index is 1.91. The number of phenols is 2. The minimum Gasteiger partial charge on any atom is -0.507 e. The number of benzene rings is 2. The highest BCUT2D eigenvalue weighted by Gasteiger charge is 2.50. The minimum absolute atomic E-state index is 0.0463. The average Bonchev–Trinajstić information content (AvgIpc) is 3.52. The van der Waals surface area contributed by atoms with E-state index in [0.717, 1.165) is 38.5 Å². The van der Waals surface area contributed by atoms with E-state index in [2.05, 4.69) is 19.2 Å². The molecule has 0 unspecified atom stereocenters. The maximum atomic E-state index is 14.6. The summed E-state index contributed by atoms with van der Waals surface area (Å²) in [4.78, 5) is 56.3. The van der Waals surface area contributed by atoms with Crippen LogP contribution in [0.15, 0.2) is 42.2 Å².